The number of nitrogens with zero attached hydrogens (tertiary/aromatic N) is 1. The molecule has 0 aromatic carbocycles. The molecule has 0 saturated carbocycles. The highest BCUT2D eigenvalue weighted by Gasteiger charge is 2.27. The van der Waals surface area contributed by atoms with E-state index in [2.05, 4.69) is 18.7 Å². The Kier molecular flexibility index (Phi) is 2.69. The summed E-state index contributed by atoms with van der Waals surface area (Å²) >= 11 is 0. The van der Waals surface area contributed by atoms with E-state index in [0.717, 1.165) is 13.1 Å². The number of aliphatic hydroxyl groups excluding tert-OH is 1. The van der Waals surface area contributed by atoms with Crippen LogP contribution in [0.2, 0.25) is 0 Å². The largest absolute Gasteiger partial charge is 0.390 e. The van der Waals surface area contributed by atoms with Crippen LogP contribution in [0.15, 0.2) is 0 Å². The zero-order chi connectivity index (χ0) is 7.56. The fourth-order valence-electron chi connectivity index (χ4n) is 1.45. The van der Waals surface area contributed by atoms with Crippen molar-refractivity contribution in [1.29, 1.82) is 0 Å². The average molecular weight is 143 g/mol. The smallest absolute Gasteiger partial charge is 0.0794 e. The van der Waals surface area contributed by atoms with Crippen LogP contribution in [0.1, 0.15) is 26.7 Å². The SMILES string of the molecule is CCCC(C)N1CC(O)C1. The van der Waals surface area contributed by atoms with E-state index in [-0.39, 0.29) is 6.10 Å². The maximum absolute atomic E-state index is 8.99. The molecule has 1 atom stereocenters. The van der Waals surface area contributed by atoms with Gasteiger partial charge in [-0.2, -0.15) is 0 Å². The predicted molar refractivity (Wildman–Crippen MR) is 41.9 cm³/mol. The molecule has 0 radical (unpaired) electrons. The second-order valence-electron chi connectivity index (χ2n) is 3.25. The highest BCUT2D eigenvalue weighted by molar-refractivity contribution is 4.82. The van der Waals surface area contributed by atoms with E-state index in [4.69, 9.17) is 5.11 Å². The lowest BCUT2D eigenvalue weighted by atomic mass is 10.1. The Bertz CT molecular complexity index is 96.7. The Hall–Kier alpha value is -0.0800. The summed E-state index contributed by atoms with van der Waals surface area (Å²) in [7, 11) is 0. The minimum Gasteiger partial charge on any atom is -0.390 e. The predicted octanol–water partition coefficient (Wildman–Crippen LogP) is 0.851. The van der Waals surface area contributed by atoms with E-state index in [1.54, 1.807) is 0 Å². The summed E-state index contributed by atoms with van der Waals surface area (Å²) in [5.41, 5.74) is 0. The first-order valence-electron chi connectivity index (χ1n) is 4.16. The highest BCUT2D eigenvalue weighted by atomic mass is 16.3. The molecule has 1 N–H and O–H groups in total. The van der Waals surface area contributed by atoms with Gasteiger partial charge in [-0.3, -0.25) is 4.90 Å². The van der Waals surface area contributed by atoms with Crippen molar-refractivity contribution >= 4 is 0 Å². The molecule has 1 aliphatic rings. The molecule has 60 valence electrons. The maximum atomic E-state index is 8.99. The molecule has 1 rings (SSSR count). The number of hydrogen-bond donors (Lipinski definition) is 1. The van der Waals surface area contributed by atoms with Crippen LogP contribution in [0.5, 0.6) is 0 Å². The molecular weight excluding hydrogens is 126 g/mol. The van der Waals surface area contributed by atoms with Crippen molar-refractivity contribution in [3.63, 3.8) is 0 Å². The van der Waals surface area contributed by atoms with Gasteiger partial charge in [-0.15, -0.1) is 0 Å². The topological polar surface area (TPSA) is 23.5 Å². The molecule has 0 aromatic rings. The van der Waals surface area contributed by atoms with Gasteiger partial charge in [0.05, 0.1) is 6.10 Å². The lowest BCUT2D eigenvalue weighted by Gasteiger charge is -2.40. The number of aliphatic hydroxyl groups is 1. The van der Waals surface area contributed by atoms with Crippen molar-refractivity contribution in [2.45, 2.75) is 38.8 Å². The molecule has 0 aliphatic carbocycles. The normalized spacial score (nSPS) is 24.3. The summed E-state index contributed by atoms with van der Waals surface area (Å²) in [4.78, 5) is 2.33. The first kappa shape index (κ1) is 8.02. The summed E-state index contributed by atoms with van der Waals surface area (Å²) in [6.07, 6.45) is 2.46. The molecule has 2 nitrogen and oxygen atoms in total. The van der Waals surface area contributed by atoms with Gasteiger partial charge in [0.2, 0.25) is 0 Å². The zero-order valence-electron chi connectivity index (χ0n) is 6.88. The van der Waals surface area contributed by atoms with Gasteiger partial charge in [-0.25, -0.2) is 0 Å². The molecule has 1 heterocycles. The van der Waals surface area contributed by atoms with Crippen molar-refractivity contribution in [3.8, 4) is 0 Å². The van der Waals surface area contributed by atoms with E-state index in [0.29, 0.717) is 6.04 Å². The maximum Gasteiger partial charge on any atom is 0.0794 e. The van der Waals surface area contributed by atoms with Crippen LogP contribution in [-0.4, -0.2) is 35.2 Å². The van der Waals surface area contributed by atoms with E-state index in [1.165, 1.54) is 12.8 Å². The van der Waals surface area contributed by atoms with Crippen molar-refractivity contribution in [1.82, 2.24) is 4.90 Å². The standard InChI is InChI=1S/C8H17NO/c1-3-4-7(2)9-5-8(10)6-9/h7-8,10H,3-6H2,1-2H3. The number of hydrogen-bond acceptors (Lipinski definition) is 2. The molecular formula is C8H17NO. The second-order valence-corrected chi connectivity index (χ2v) is 3.25. The summed E-state index contributed by atoms with van der Waals surface area (Å²) < 4.78 is 0. The number of β-amino-alcohol motifs (C(OH)–C–C–N with tert-alkyl or cyclic N) is 1. The average Bonchev–Trinajstić information content (AvgIpc) is 1.82. The highest BCUT2D eigenvalue weighted by Crippen LogP contribution is 2.14. The van der Waals surface area contributed by atoms with Crippen molar-refractivity contribution < 1.29 is 5.11 Å². The Morgan fingerprint density at radius 3 is 2.60 bits per heavy atom. The summed E-state index contributed by atoms with van der Waals surface area (Å²) in [5, 5.41) is 8.99. The fraction of sp³-hybridized carbons (Fsp3) is 1.00. The summed E-state index contributed by atoms with van der Waals surface area (Å²) in [5.74, 6) is 0. The minimum absolute atomic E-state index is 0.0423. The van der Waals surface area contributed by atoms with Crippen molar-refractivity contribution in [2.75, 3.05) is 13.1 Å². The first-order valence-corrected chi connectivity index (χ1v) is 4.16. The molecule has 1 unspecified atom stereocenters. The van der Waals surface area contributed by atoms with Gasteiger partial charge in [0, 0.05) is 19.1 Å². The molecule has 0 bridgehead atoms. The quantitative estimate of drug-likeness (QED) is 0.633. The molecule has 1 saturated heterocycles. The van der Waals surface area contributed by atoms with Crippen LogP contribution in [-0.2, 0) is 0 Å². The summed E-state index contributed by atoms with van der Waals surface area (Å²) in [6, 6.07) is 0.674. The summed E-state index contributed by atoms with van der Waals surface area (Å²) in [6.45, 7) is 6.21. The van der Waals surface area contributed by atoms with Gasteiger partial charge in [0.15, 0.2) is 0 Å². The second kappa shape index (κ2) is 3.35. The molecule has 2 heteroatoms. The first-order chi connectivity index (χ1) is 4.74. The Morgan fingerprint density at radius 1 is 1.60 bits per heavy atom. The molecule has 0 amide bonds. The fourth-order valence-corrected chi connectivity index (χ4v) is 1.45. The van der Waals surface area contributed by atoms with Gasteiger partial charge in [-0.05, 0) is 13.3 Å². The number of rotatable bonds is 3. The molecule has 1 aliphatic heterocycles. The lowest BCUT2D eigenvalue weighted by Crippen LogP contribution is -2.54. The van der Waals surface area contributed by atoms with Gasteiger partial charge < -0.3 is 5.11 Å². The third-order valence-electron chi connectivity index (χ3n) is 2.22. The van der Waals surface area contributed by atoms with E-state index >= 15 is 0 Å². The van der Waals surface area contributed by atoms with Gasteiger partial charge in [-0.1, -0.05) is 13.3 Å². The Morgan fingerprint density at radius 2 is 2.20 bits per heavy atom. The monoisotopic (exact) mass is 143 g/mol. The van der Waals surface area contributed by atoms with Crippen LogP contribution in [0.4, 0.5) is 0 Å². The van der Waals surface area contributed by atoms with Crippen LogP contribution in [0.25, 0.3) is 0 Å². The Labute approximate surface area is 62.8 Å². The van der Waals surface area contributed by atoms with Crippen LogP contribution < -0.4 is 0 Å². The van der Waals surface area contributed by atoms with Crippen molar-refractivity contribution in [3.05, 3.63) is 0 Å². The zero-order valence-corrected chi connectivity index (χ0v) is 6.88. The van der Waals surface area contributed by atoms with Gasteiger partial charge in [0.25, 0.3) is 0 Å². The molecule has 0 aromatic heterocycles. The molecule has 10 heavy (non-hydrogen) atoms. The van der Waals surface area contributed by atoms with Gasteiger partial charge >= 0.3 is 0 Å². The van der Waals surface area contributed by atoms with E-state index in [9.17, 15) is 0 Å². The van der Waals surface area contributed by atoms with Gasteiger partial charge in [0.1, 0.15) is 0 Å². The van der Waals surface area contributed by atoms with E-state index in [1.807, 2.05) is 0 Å². The third kappa shape index (κ3) is 1.70. The third-order valence-corrected chi connectivity index (χ3v) is 2.22. The van der Waals surface area contributed by atoms with Crippen LogP contribution >= 0.6 is 0 Å². The Balaban J connectivity index is 2.11. The van der Waals surface area contributed by atoms with E-state index < -0.39 is 0 Å². The number of likely N-dealkylation sites (tertiary alicyclic amines) is 1. The van der Waals surface area contributed by atoms with Crippen LogP contribution in [0.3, 0.4) is 0 Å². The lowest BCUT2D eigenvalue weighted by molar-refractivity contribution is -0.0222. The van der Waals surface area contributed by atoms with Crippen LogP contribution in [0, 0.1) is 0 Å². The minimum atomic E-state index is -0.0423. The molecule has 0 spiro atoms. The molecule has 1 fully saturated rings. The van der Waals surface area contributed by atoms with Crippen molar-refractivity contribution in [2.24, 2.45) is 0 Å².